The summed E-state index contributed by atoms with van der Waals surface area (Å²) in [5, 5.41) is 3.45. The number of rotatable bonds is 8. The lowest BCUT2D eigenvalue weighted by Crippen LogP contribution is -2.37. The second-order valence-corrected chi connectivity index (χ2v) is 9.16. The van der Waals surface area contributed by atoms with Gasteiger partial charge in [-0.25, -0.2) is 9.78 Å². The minimum atomic E-state index is -0.437. The van der Waals surface area contributed by atoms with E-state index in [0.717, 1.165) is 27.7 Å². The van der Waals surface area contributed by atoms with E-state index in [4.69, 9.17) is 0 Å². The van der Waals surface area contributed by atoms with E-state index in [-0.39, 0.29) is 11.7 Å². The highest BCUT2D eigenvalue weighted by atomic mass is 32.2. The third kappa shape index (κ3) is 4.99. The van der Waals surface area contributed by atoms with Crippen LogP contribution in [-0.2, 0) is 31.9 Å². The van der Waals surface area contributed by atoms with Crippen molar-refractivity contribution >= 4 is 28.8 Å². The Hall–Kier alpha value is -3.59. The molecule has 2 aromatic heterocycles. The summed E-state index contributed by atoms with van der Waals surface area (Å²) < 4.78 is 4.25. The first-order valence-corrected chi connectivity index (χ1v) is 12.0. The van der Waals surface area contributed by atoms with Crippen LogP contribution in [-0.4, -0.2) is 36.9 Å². The van der Waals surface area contributed by atoms with Gasteiger partial charge in [-0.05, 0) is 24.5 Å². The lowest BCUT2D eigenvalue weighted by molar-refractivity contribution is -0.118. The zero-order chi connectivity index (χ0) is 24.2. The largest absolute Gasteiger partial charge is 0.355 e. The van der Waals surface area contributed by atoms with Crippen molar-refractivity contribution in [3.63, 3.8) is 0 Å². The Morgan fingerprint density at radius 1 is 0.971 bits per heavy atom. The van der Waals surface area contributed by atoms with Crippen molar-refractivity contribution in [3.8, 4) is 0 Å². The number of carbonyl (C=O) groups excluding carboxylic acids is 1. The number of nitrogens with one attached hydrogen (secondary N) is 1. The normalized spacial score (nSPS) is 11.1. The van der Waals surface area contributed by atoms with Gasteiger partial charge in [0.25, 0.3) is 5.56 Å². The van der Waals surface area contributed by atoms with Crippen LogP contribution in [0.25, 0.3) is 11.2 Å². The number of hydrogen-bond acceptors (Lipinski definition) is 5. The maximum atomic E-state index is 13.0. The van der Waals surface area contributed by atoms with Gasteiger partial charge >= 0.3 is 5.69 Å². The topological polar surface area (TPSA) is 90.9 Å². The van der Waals surface area contributed by atoms with E-state index in [0.29, 0.717) is 29.4 Å². The molecule has 0 radical (unpaired) electrons. The SMILES string of the molecule is Cc1ccc(Cn2c(SCC(=O)NCCc3ccccc3)nc3c2c(=O)n(C)c(=O)n3C)cc1. The molecule has 2 heterocycles. The van der Waals surface area contributed by atoms with Crippen LogP contribution in [0, 0.1) is 6.92 Å². The summed E-state index contributed by atoms with van der Waals surface area (Å²) in [6.45, 7) is 2.96. The van der Waals surface area contributed by atoms with Gasteiger partial charge in [-0.2, -0.15) is 0 Å². The molecular formula is C25H27N5O3S. The highest BCUT2D eigenvalue weighted by molar-refractivity contribution is 7.99. The van der Waals surface area contributed by atoms with E-state index in [1.807, 2.05) is 61.5 Å². The Labute approximate surface area is 201 Å². The van der Waals surface area contributed by atoms with Gasteiger partial charge in [0.1, 0.15) is 0 Å². The molecule has 0 bridgehead atoms. The van der Waals surface area contributed by atoms with E-state index in [1.54, 1.807) is 11.6 Å². The van der Waals surface area contributed by atoms with Crippen LogP contribution < -0.4 is 16.6 Å². The summed E-state index contributed by atoms with van der Waals surface area (Å²) in [4.78, 5) is 42.5. The average molecular weight is 478 g/mol. The second-order valence-electron chi connectivity index (χ2n) is 8.22. The average Bonchev–Trinajstić information content (AvgIpc) is 3.20. The number of hydrogen-bond donors (Lipinski definition) is 1. The molecule has 2 aromatic carbocycles. The van der Waals surface area contributed by atoms with Crippen LogP contribution in [0.15, 0.2) is 69.3 Å². The van der Waals surface area contributed by atoms with Gasteiger partial charge in [0.05, 0.1) is 12.3 Å². The molecule has 0 saturated heterocycles. The summed E-state index contributed by atoms with van der Waals surface area (Å²) >= 11 is 1.25. The van der Waals surface area contributed by atoms with E-state index in [1.165, 1.54) is 23.4 Å². The summed E-state index contributed by atoms with van der Waals surface area (Å²) in [5.74, 6) is 0.0388. The van der Waals surface area contributed by atoms with E-state index in [9.17, 15) is 14.4 Å². The van der Waals surface area contributed by atoms with E-state index in [2.05, 4.69) is 10.3 Å². The van der Waals surface area contributed by atoms with Crippen LogP contribution in [0.4, 0.5) is 0 Å². The predicted octanol–water partition coefficient (Wildman–Crippen LogP) is 2.24. The lowest BCUT2D eigenvalue weighted by Gasteiger charge is -2.10. The molecule has 0 aliphatic carbocycles. The first-order chi connectivity index (χ1) is 16.3. The summed E-state index contributed by atoms with van der Waals surface area (Å²) in [6.07, 6.45) is 0.751. The molecule has 34 heavy (non-hydrogen) atoms. The van der Waals surface area contributed by atoms with Gasteiger partial charge in [-0.15, -0.1) is 0 Å². The van der Waals surface area contributed by atoms with Gasteiger partial charge in [0.15, 0.2) is 16.3 Å². The van der Waals surface area contributed by atoms with E-state index < -0.39 is 11.2 Å². The first-order valence-electron chi connectivity index (χ1n) is 11.0. The number of amides is 1. The smallest absolute Gasteiger partial charge is 0.332 e. The fraction of sp³-hybridized carbons (Fsp3) is 0.280. The first kappa shape index (κ1) is 23.6. The molecule has 8 nitrogen and oxygen atoms in total. The highest BCUT2D eigenvalue weighted by Crippen LogP contribution is 2.23. The molecule has 4 aromatic rings. The number of carbonyl (C=O) groups is 1. The molecule has 0 saturated carbocycles. The minimum Gasteiger partial charge on any atom is -0.355 e. The molecule has 0 aliphatic heterocycles. The highest BCUT2D eigenvalue weighted by Gasteiger charge is 2.20. The Morgan fingerprint density at radius 3 is 2.38 bits per heavy atom. The van der Waals surface area contributed by atoms with Gasteiger partial charge < -0.3 is 9.88 Å². The predicted molar refractivity (Wildman–Crippen MR) is 134 cm³/mol. The maximum Gasteiger partial charge on any atom is 0.332 e. The van der Waals surface area contributed by atoms with Crippen molar-refractivity contribution in [2.45, 2.75) is 25.0 Å². The molecular weight excluding hydrogens is 450 g/mol. The molecule has 1 amide bonds. The zero-order valence-electron chi connectivity index (χ0n) is 19.4. The Bertz CT molecular complexity index is 1440. The second kappa shape index (κ2) is 10.1. The van der Waals surface area contributed by atoms with Crippen LogP contribution in [0.1, 0.15) is 16.7 Å². The molecule has 176 valence electrons. The fourth-order valence-electron chi connectivity index (χ4n) is 3.73. The number of imidazole rings is 1. The Balaban J connectivity index is 1.58. The molecule has 0 fully saturated rings. The molecule has 4 rings (SSSR count). The number of aryl methyl sites for hydroxylation is 2. The van der Waals surface area contributed by atoms with Gasteiger partial charge in [0.2, 0.25) is 5.91 Å². The van der Waals surface area contributed by atoms with Crippen molar-refractivity contribution < 1.29 is 4.79 Å². The molecule has 0 atom stereocenters. The van der Waals surface area contributed by atoms with Crippen LogP contribution in [0.2, 0.25) is 0 Å². The molecule has 0 spiro atoms. The fourth-order valence-corrected chi connectivity index (χ4v) is 4.56. The van der Waals surface area contributed by atoms with Crippen molar-refractivity contribution in [3.05, 3.63) is 92.1 Å². The molecule has 9 heteroatoms. The van der Waals surface area contributed by atoms with Crippen molar-refractivity contribution in [2.24, 2.45) is 14.1 Å². The van der Waals surface area contributed by atoms with Crippen molar-refractivity contribution in [1.82, 2.24) is 24.0 Å². The van der Waals surface area contributed by atoms with Crippen molar-refractivity contribution in [2.75, 3.05) is 12.3 Å². The summed E-state index contributed by atoms with van der Waals surface area (Å²) in [7, 11) is 3.05. The molecule has 1 N–H and O–H groups in total. The molecule has 0 unspecified atom stereocenters. The number of benzene rings is 2. The van der Waals surface area contributed by atoms with Crippen molar-refractivity contribution in [1.29, 1.82) is 0 Å². The van der Waals surface area contributed by atoms with Crippen LogP contribution in [0.5, 0.6) is 0 Å². The number of aromatic nitrogens is 4. The summed E-state index contributed by atoms with van der Waals surface area (Å²) in [5.41, 5.74) is 3.11. The van der Waals surface area contributed by atoms with Gasteiger partial charge in [-0.3, -0.25) is 18.7 Å². The number of fused-ring (bicyclic) bond motifs is 1. The summed E-state index contributed by atoms with van der Waals surface area (Å²) in [6, 6.07) is 18.0. The Morgan fingerprint density at radius 2 is 1.68 bits per heavy atom. The minimum absolute atomic E-state index is 0.114. The number of nitrogens with zero attached hydrogens (tertiary/aromatic N) is 4. The zero-order valence-corrected chi connectivity index (χ0v) is 20.3. The van der Waals surface area contributed by atoms with E-state index >= 15 is 0 Å². The van der Waals surface area contributed by atoms with Crippen LogP contribution in [0.3, 0.4) is 0 Å². The maximum absolute atomic E-state index is 13.0. The van der Waals surface area contributed by atoms with Gasteiger partial charge in [-0.1, -0.05) is 71.9 Å². The standard InChI is InChI=1S/C25H27N5O3S/c1-17-9-11-19(12-10-17)15-30-21-22(28(2)25(33)29(3)23(21)32)27-24(30)34-16-20(31)26-14-13-18-7-5-4-6-8-18/h4-12H,13-16H2,1-3H3,(H,26,31). The monoisotopic (exact) mass is 477 g/mol. The van der Waals surface area contributed by atoms with Crippen LogP contribution >= 0.6 is 11.8 Å². The third-order valence-corrected chi connectivity index (χ3v) is 6.66. The lowest BCUT2D eigenvalue weighted by atomic mass is 10.1. The quantitative estimate of drug-likeness (QED) is 0.393. The third-order valence-electron chi connectivity index (χ3n) is 5.69. The molecule has 0 aliphatic rings. The Kier molecular flexibility index (Phi) is 7.02. The number of thioether (sulfide) groups is 1. The van der Waals surface area contributed by atoms with Gasteiger partial charge in [0, 0.05) is 20.6 Å².